The number of carbonyl (C=O) groups excluding carboxylic acids is 1. The van der Waals surface area contributed by atoms with Crippen molar-refractivity contribution in [1.82, 2.24) is 9.80 Å². The van der Waals surface area contributed by atoms with Gasteiger partial charge in [-0.3, -0.25) is 4.90 Å². The van der Waals surface area contributed by atoms with Gasteiger partial charge in [-0.15, -0.1) is 0 Å². The van der Waals surface area contributed by atoms with Crippen LogP contribution in [0.15, 0.2) is 0 Å². The molecule has 5 nitrogen and oxygen atoms in total. The minimum atomic E-state index is -0.141. The van der Waals surface area contributed by atoms with E-state index in [0.717, 1.165) is 58.3 Å². The highest BCUT2D eigenvalue weighted by molar-refractivity contribution is 5.67. The van der Waals surface area contributed by atoms with Gasteiger partial charge in [0.25, 0.3) is 0 Å². The number of hydrogen-bond donors (Lipinski definition) is 1. The molecule has 0 aliphatic carbocycles. The van der Waals surface area contributed by atoms with E-state index >= 15 is 0 Å². The Balaban J connectivity index is 1.69. The van der Waals surface area contributed by atoms with Crippen molar-refractivity contribution in [3.63, 3.8) is 0 Å². The summed E-state index contributed by atoms with van der Waals surface area (Å²) in [4.78, 5) is 16.2. The van der Waals surface area contributed by atoms with Gasteiger partial charge in [0, 0.05) is 25.7 Å². The van der Waals surface area contributed by atoms with Crippen LogP contribution in [0.25, 0.3) is 0 Å². The zero-order valence-corrected chi connectivity index (χ0v) is 14.0. The number of rotatable bonds is 6. The van der Waals surface area contributed by atoms with Crippen LogP contribution in [0, 0.1) is 5.92 Å². The van der Waals surface area contributed by atoms with E-state index in [-0.39, 0.29) is 12.7 Å². The van der Waals surface area contributed by atoms with Crippen LogP contribution >= 0.6 is 0 Å². The van der Waals surface area contributed by atoms with Gasteiger partial charge in [-0.25, -0.2) is 4.79 Å². The quantitative estimate of drug-likeness (QED) is 0.766. The van der Waals surface area contributed by atoms with Gasteiger partial charge < -0.3 is 14.7 Å². The Kier molecular flexibility index (Phi) is 7.46. The number of aliphatic hydroxyl groups excluding tert-OH is 1. The molecule has 0 aromatic rings. The van der Waals surface area contributed by atoms with Gasteiger partial charge >= 0.3 is 6.09 Å². The molecule has 2 aliphatic rings. The van der Waals surface area contributed by atoms with Gasteiger partial charge in [0.05, 0.1) is 13.2 Å². The van der Waals surface area contributed by atoms with Crippen LogP contribution in [0.4, 0.5) is 4.79 Å². The molecule has 0 aromatic heterocycles. The zero-order chi connectivity index (χ0) is 15.8. The molecular formula is C17H32N2O3. The average Bonchev–Trinajstić information content (AvgIpc) is 2.56. The number of nitrogens with zero attached hydrogens (tertiary/aromatic N) is 2. The topological polar surface area (TPSA) is 53.0 Å². The lowest BCUT2D eigenvalue weighted by molar-refractivity contribution is 0.0541. The van der Waals surface area contributed by atoms with Crippen LogP contribution in [-0.4, -0.2) is 66.4 Å². The van der Waals surface area contributed by atoms with Crippen LogP contribution < -0.4 is 0 Å². The highest BCUT2D eigenvalue weighted by Crippen LogP contribution is 2.23. The predicted molar refractivity (Wildman–Crippen MR) is 86.9 cm³/mol. The summed E-state index contributed by atoms with van der Waals surface area (Å²) in [6, 6.07) is 0.353. The molecule has 1 unspecified atom stereocenters. The van der Waals surface area contributed by atoms with Gasteiger partial charge in [0.1, 0.15) is 0 Å². The van der Waals surface area contributed by atoms with Gasteiger partial charge in [-0.1, -0.05) is 19.8 Å². The lowest BCUT2D eigenvalue weighted by Crippen LogP contribution is -2.47. The van der Waals surface area contributed by atoms with E-state index in [1.54, 1.807) is 0 Å². The summed E-state index contributed by atoms with van der Waals surface area (Å²) in [6.45, 7) is 6.73. The normalized spacial score (nSPS) is 24.5. The molecule has 1 atom stereocenters. The van der Waals surface area contributed by atoms with Crippen LogP contribution in [-0.2, 0) is 4.74 Å². The number of unbranched alkanes of at least 4 members (excludes halogenated alkanes) is 1. The van der Waals surface area contributed by atoms with Crippen molar-refractivity contribution < 1.29 is 14.6 Å². The third kappa shape index (κ3) is 5.13. The summed E-state index contributed by atoms with van der Waals surface area (Å²) >= 11 is 0. The van der Waals surface area contributed by atoms with E-state index in [1.807, 2.05) is 4.90 Å². The Morgan fingerprint density at radius 2 is 1.95 bits per heavy atom. The van der Waals surface area contributed by atoms with Crippen molar-refractivity contribution in [2.24, 2.45) is 5.92 Å². The van der Waals surface area contributed by atoms with Crippen molar-refractivity contribution in [3.05, 3.63) is 0 Å². The minimum absolute atomic E-state index is 0.141. The van der Waals surface area contributed by atoms with E-state index in [2.05, 4.69) is 11.8 Å². The lowest BCUT2D eigenvalue weighted by atomic mass is 9.94. The maximum absolute atomic E-state index is 11.9. The Labute approximate surface area is 134 Å². The summed E-state index contributed by atoms with van der Waals surface area (Å²) in [5, 5.41) is 9.50. The Morgan fingerprint density at radius 1 is 1.18 bits per heavy atom. The molecule has 2 rings (SSSR count). The molecule has 0 radical (unpaired) electrons. The van der Waals surface area contributed by atoms with E-state index in [9.17, 15) is 9.90 Å². The van der Waals surface area contributed by atoms with E-state index in [0.29, 0.717) is 18.6 Å². The molecule has 0 spiro atoms. The van der Waals surface area contributed by atoms with Crippen LogP contribution in [0.5, 0.6) is 0 Å². The molecule has 0 saturated carbocycles. The Bertz CT molecular complexity index is 330. The highest BCUT2D eigenvalue weighted by Gasteiger charge is 2.28. The average molecular weight is 312 g/mol. The third-order valence-electron chi connectivity index (χ3n) is 5.05. The smallest absolute Gasteiger partial charge is 0.409 e. The highest BCUT2D eigenvalue weighted by atomic mass is 16.6. The van der Waals surface area contributed by atoms with E-state index in [1.165, 1.54) is 12.8 Å². The SMILES string of the molecule is CCCCOC(=O)N1CCC(CN2CCCCC2CO)CC1. The second kappa shape index (κ2) is 9.36. The lowest BCUT2D eigenvalue weighted by Gasteiger charge is -2.39. The van der Waals surface area contributed by atoms with Crippen molar-refractivity contribution in [1.29, 1.82) is 0 Å². The summed E-state index contributed by atoms with van der Waals surface area (Å²) in [5.74, 6) is 0.645. The standard InChI is InChI=1S/C17H32N2O3/c1-2-3-12-22-17(21)18-10-7-15(8-11-18)13-19-9-5-4-6-16(19)14-20/h15-16,20H,2-14H2,1H3. The van der Waals surface area contributed by atoms with Gasteiger partial charge in [-0.05, 0) is 44.6 Å². The maximum atomic E-state index is 11.9. The van der Waals surface area contributed by atoms with Crippen molar-refractivity contribution in [2.75, 3.05) is 39.4 Å². The Morgan fingerprint density at radius 3 is 2.64 bits per heavy atom. The fraction of sp³-hybridized carbons (Fsp3) is 0.941. The summed E-state index contributed by atoms with van der Waals surface area (Å²) in [5.41, 5.74) is 0. The second-order valence-corrected chi connectivity index (χ2v) is 6.73. The molecule has 2 saturated heterocycles. The fourth-order valence-electron chi connectivity index (χ4n) is 3.53. The van der Waals surface area contributed by atoms with Crippen molar-refractivity contribution in [3.8, 4) is 0 Å². The first-order valence-electron chi connectivity index (χ1n) is 9.01. The van der Waals surface area contributed by atoms with Gasteiger partial charge in [0.15, 0.2) is 0 Å². The number of aliphatic hydroxyl groups is 1. The molecule has 1 N–H and O–H groups in total. The number of likely N-dealkylation sites (tertiary alicyclic amines) is 2. The number of hydrogen-bond acceptors (Lipinski definition) is 4. The first-order chi connectivity index (χ1) is 10.7. The number of carbonyl (C=O) groups is 1. The molecule has 22 heavy (non-hydrogen) atoms. The first-order valence-corrected chi connectivity index (χ1v) is 9.01. The molecular weight excluding hydrogens is 280 g/mol. The number of piperidine rings is 2. The van der Waals surface area contributed by atoms with Gasteiger partial charge in [0.2, 0.25) is 0 Å². The molecule has 2 heterocycles. The second-order valence-electron chi connectivity index (χ2n) is 6.73. The van der Waals surface area contributed by atoms with Crippen LogP contribution in [0.2, 0.25) is 0 Å². The largest absolute Gasteiger partial charge is 0.449 e. The van der Waals surface area contributed by atoms with Crippen LogP contribution in [0.1, 0.15) is 51.9 Å². The molecule has 5 heteroatoms. The van der Waals surface area contributed by atoms with E-state index < -0.39 is 0 Å². The fourth-order valence-corrected chi connectivity index (χ4v) is 3.53. The van der Waals surface area contributed by atoms with Crippen molar-refractivity contribution in [2.45, 2.75) is 57.9 Å². The summed E-state index contributed by atoms with van der Waals surface area (Å²) in [6.07, 6.45) is 7.58. The molecule has 2 fully saturated rings. The van der Waals surface area contributed by atoms with Crippen molar-refractivity contribution >= 4 is 6.09 Å². The molecule has 0 aromatic carbocycles. The first kappa shape index (κ1) is 17.5. The molecule has 128 valence electrons. The molecule has 1 amide bonds. The van der Waals surface area contributed by atoms with Crippen LogP contribution in [0.3, 0.4) is 0 Å². The Hall–Kier alpha value is -0.810. The monoisotopic (exact) mass is 312 g/mol. The zero-order valence-electron chi connectivity index (χ0n) is 14.0. The minimum Gasteiger partial charge on any atom is -0.449 e. The molecule has 2 aliphatic heterocycles. The molecule has 0 bridgehead atoms. The summed E-state index contributed by atoms with van der Waals surface area (Å²) in [7, 11) is 0. The number of amides is 1. The third-order valence-corrected chi connectivity index (χ3v) is 5.05. The summed E-state index contributed by atoms with van der Waals surface area (Å²) < 4.78 is 5.29. The van der Waals surface area contributed by atoms with E-state index in [4.69, 9.17) is 4.74 Å². The number of ether oxygens (including phenoxy) is 1. The predicted octanol–water partition coefficient (Wildman–Crippen LogP) is 2.48. The maximum Gasteiger partial charge on any atom is 0.409 e. The van der Waals surface area contributed by atoms with Gasteiger partial charge in [-0.2, -0.15) is 0 Å².